The number of rotatable bonds is 7. The number of carbonyl (C=O) groups excluding carboxylic acids is 1. The Balaban J connectivity index is 2.49. The molecule has 2 atom stereocenters. The number of nitrogens with one attached hydrogen (secondary N) is 1. The molecule has 0 bridgehead atoms. The zero-order valence-electron chi connectivity index (χ0n) is 11.7. The van der Waals surface area contributed by atoms with Crippen molar-refractivity contribution in [2.75, 3.05) is 6.54 Å². The molecule has 0 radical (unpaired) electrons. The highest BCUT2D eigenvalue weighted by molar-refractivity contribution is 9.10. The molecule has 0 aliphatic heterocycles. The number of carboxylic acids is 1. The molecule has 1 aromatic rings. The van der Waals surface area contributed by atoms with Crippen molar-refractivity contribution < 1.29 is 19.4 Å². The van der Waals surface area contributed by atoms with Crippen molar-refractivity contribution in [2.45, 2.75) is 26.4 Å². The Hall–Kier alpha value is -1.27. The number of ether oxygens (including phenoxy) is 1. The van der Waals surface area contributed by atoms with Crippen molar-refractivity contribution in [3.8, 4) is 5.75 Å². The fourth-order valence-electron chi connectivity index (χ4n) is 1.60. The standard InChI is InChI=1S/C14H17BrClNO4/c1-8(5-13(18)19)7-17-14(20)9(2)21-12-4-3-10(16)6-11(12)15/h3-4,6,8-9H,5,7H2,1-2H3,(H,17,20)(H,18,19). The minimum Gasteiger partial charge on any atom is -0.481 e. The van der Waals surface area contributed by atoms with E-state index in [2.05, 4.69) is 21.2 Å². The lowest BCUT2D eigenvalue weighted by Gasteiger charge is -2.17. The van der Waals surface area contributed by atoms with Gasteiger partial charge in [-0.15, -0.1) is 0 Å². The van der Waals surface area contributed by atoms with E-state index in [-0.39, 0.29) is 18.2 Å². The third kappa shape index (κ3) is 6.35. The molecule has 1 rings (SSSR count). The Kier molecular flexibility index (Phi) is 6.98. The lowest BCUT2D eigenvalue weighted by atomic mass is 10.1. The van der Waals surface area contributed by atoms with E-state index in [0.29, 0.717) is 21.8 Å². The number of benzene rings is 1. The Bertz CT molecular complexity index is 524. The molecule has 1 amide bonds. The maximum atomic E-state index is 11.9. The number of hydrogen-bond donors (Lipinski definition) is 2. The Labute approximate surface area is 136 Å². The molecule has 0 fully saturated rings. The van der Waals surface area contributed by atoms with Gasteiger partial charge in [0.1, 0.15) is 5.75 Å². The molecule has 0 aromatic heterocycles. The lowest BCUT2D eigenvalue weighted by molar-refractivity contribution is -0.138. The molecule has 0 saturated heterocycles. The van der Waals surface area contributed by atoms with Gasteiger partial charge in [-0.25, -0.2) is 0 Å². The molecule has 116 valence electrons. The van der Waals surface area contributed by atoms with Crippen LogP contribution in [0.5, 0.6) is 5.75 Å². The van der Waals surface area contributed by atoms with Crippen LogP contribution in [0.25, 0.3) is 0 Å². The van der Waals surface area contributed by atoms with Crippen molar-refractivity contribution in [2.24, 2.45) is 5.92 Å². The summed E-state index contributed by atoms with van der Waals surface area (Å²) in [5.41, 5.74) is 0. The average Bonchev–Trinajstić information content (AvgIpc) is 2.38. The van der Waals surface area contributed by atoms with Crippen LogP contribution in [0.4, 0.5) is 0 Å². The molecule has 1 aromatic carbocycles. The van der Waals surface area contributed by atoms with Gasteiger partial charge in [-0.2, -0.15) is 0 Å². The second-order valence-corrected chi connectivity index (χ2v) is 6.07. The van der Waals surface area contributed by atoms with Crippen LogP contribution in [0.2, 0.25) is 5.02 Å². The summed E-state index contributed by atoms with van der Waals surface area (Å²) >= 11 is 9.14. The molecule has 2 unspecified atom stereocenters. The molecule has 21 heavy (non-hydrogen) atoms. The average molecular weight is 379 g/mol. The van der Waals surface area contributed by atoms with Crippen LogP contribution in [0, 0.1) is 5.92 Å². The Morgan fingerprint density at radius 3 is 2.67 bits per heavy atom. The first-order chi connectivity index (χ1) is 9.79. The van der Waals surface area contributed by atoms with Crippen LogP contribution in [0.3, 0.4) is 0 Å². The summed E-state index contributed by atoms with van der Waals surface area (Å²) in [6, 6.07) is 5.01. The van der Waals surface area contributed by atoms with E-state index in [1.165, 1.54) is 0 Å². The smallest absolute Gasteiger partial charge is 0.303 e. The molecule has 0 saturated carbocycles. The predicted octanol–water partition coefficient (Wildman–Crippen LogP) is 3.10. The van der Waals surface area contributed by atoms with Gasteiger partial charge in [0, 0.05) is 18.0 Å². The monoisotopic (exact) mass is 377 g/mol. The van der Waals surface area contributed by atoms with Crippen molar-refractivity contribution >= 4 is 39.4 Å². The maximum absolute atomic E-state index is 11.9. The predicted molar refractivity (Wildman–Crippen MR) is 83.7 cm³/mol. The highest BCUT2D eigenvalue weighted by atomic mass is 79.9. The molecule has 0 aliphatic carbocycles. The van der Waals surface area contributed by atoms with Crippen LogP contribution < -0.4 is 10.1 Å². The van der Waals surface area contributed by atoms with Gasteiger partial charge in [-0.1, -0.05) is 18.5 Å². The minimum atomic E-state index is -0.883. The van der Waals surface area contributed by atoms with Gasteiger partial charge in [0.25, 0.3) is 5.91 Å². The first-order valence-electron chi connectivity index (χ1n) is 6.40. The van der Waals surface area contributed by atoms with Crippen LogP contribution in [0.1, 0.15) is 20.3 Å². The third-order valence-electron chi connectivity index (χ3n) is 2.71. The Morgan fingerprint density at radius 2 is 2.10 bits per heavy atom. The summed E-state index contributed by atoms with van der Waals surface area (Å²) in [6.07, 6.45) is -0.683. The van der Waals surface area contributed by atoms with Crippen LogP contribution >= 0.6 is 27.5 Å². The van der Waals surface area contributed by atoms with Gasteiger partial charge in [-0.05, 0) is 47.0 Å². The van der Waals surface area contributed by atoms with E-state index in [0.717, 1.165) is 0 Å². The summed E-state index contributed by atoms with van der Waals surface area (Å²) in [5.74, 6) is -0.804. The van der Waals surface area contributed by atoms with E-state index in [9.17, 15) is 9.59 Å². The van der Waals surface area contributed by atoms with E-state index in [4.69, 9.17) is 21.4 Å². The van der Waals surface area contributed by atoms with Gasteiger partial charge >= 0.3 is 5.97 Å². The fourth-order valence-corrected chi connectivity index (χ4v) is 2.38. The summed E-state index contributed by atoms with van der Waals surface area (Å²) < 4.78 is 6.20. The molecule has 0 heterocycles. The van der Waals surface area contributed by atoms with E-state index >= 15 is 0 Å². The fraction of sp³-hybridized carbons (Fsp3) is 0.429. The van der Waals surface area contributed by atoms with Gasteiger partial charge in [0.05, 0.1) is 4.47 Å². The summed E-state index contributed by atoms with van der Waals surface area (Å²) in [7, 11) is 0. The van der Waals surface area contributed by atoms with E-state index in [1.54, 1.807) is 32.0 Å². The molecule has 5 nitrogen and oxygen atoms in total. The molecular weight excluding hydrogens is 362 g/mol. The second kappa shape index (κ2) is 8.24. The van der Waals surface area contributed by atoms with Crippen molar-refractivity contribution in [1.29, 1.82) is 0 Å². The first-order valence-corrected chi connectivity index (χ1v) is 7.58. The van der Waals surface area contributed by atoms with Crippen LogP contribution in [-0.4, -0.2) is 29.6 Å². The van der Waals surface area contributed by atoms with Crippen molar-refractivity contribution in [3.05, 3.63) is 27.7 Å². The largest absolute Gasteiger partial charge is 0.481 e. The Morgan fingerprint density at radius 1 is 1.43 bits per heavy atom. The van der Waals surface area contributed by atoms with Gasteiger partial charge in [-0.3, -0.25) is 9.59 Å². The van der Waals surface area contributed by atoms with Gasteiger partial charge in [0.15, 0.2) is 6.10 Å². The number of carbonyl (C=O) groups is 2. The molecule has 7 heteroatoms. The second-order valence-electron chi connectivity index (χ2n) is 4.78. The zero-order valence-corrected chi connectivity index (χ0v) is 14.1. The number of aliphatic carboxylic acids is 1. The lowest BCUT2D eigenvalue weighted by Crippen LogP contribution is -2.38. The van der Waals surface area contributed by atoms with Crippen molar-refractivity contribution in [1.82, 2.24) is 5.32 Å². The summed E-state index contributed by atoms with van der Waals surface area (Å²) in [5, 5.41) is 11.9. The SMILES string of the molecule is CC(CNC(=O)C(C)Oc1ccc(Cl)cc1Br)CC(=O)O. The maximum Gasteiger partial charge on any atom is 0.303 e. The minimum absolute atomic E-state index is 0.0122. The van der Waals surface area contributed by atoms with Gasteiger partial charge in [0.2, 0.25) is 0 Å². The highest BCUT2D eigenvalue weighted by Crippen LogP contribution is 2.28. The number of hydrogen-bond acceptors (Lipinski definition) is 3. The first kappa shape index (κ1) is 17.8. The topological polar surface area (TPSA) is 75.6 Å². The molecular formula is C14H17BrClNO4. The van der Waals surface area contributed by atoms with Gasteiger partial charge < -0.3 is 15.2 Å². The molecule has 0 spiro atoms. The van der Waals surface area contributed by atoms with E-state index in [1.807, 2.05) is 0 Å². The number of halogens is 2. The molecule has 2 N–H and O–H groups in total. The van der Waals surface area contributed by atoms with Crippen LogP contribution in [-0.2, 0) is 9.59 Å². The zero-order chi connectivity index (χ0) is 16.0. The summed E-state index contributed by atoms with van der Waals surface area (Å²) in [4.78, 5) is 22.4. The third-order valence-corrected chi connectivity index (χ3v) is 3.57. The van der Waals surface area contributed by atoms with Crippen LogP contribution in [0.15, 0.2) is 22.7 Å². The summed E-state index contributed by atoms with van der Waals surface area (Å²) in [6.45, 7) is 3.68. The number of carboxylic acid groups (broad SMARTS) is 1. The van der Waals surface area contributed by atoms with Crippen molar-refractivity contribution in [3.63, 3.8) is 0 Å². The number of amides is 1. The normalized spacial score (nSPS) is 13.3. The highest BCUT2D eigenvalue weighted by Gasteiger charge is 2.17. The quantitative estimate of drug-likeness (QED) is 0.764. The molecule has 0 aliphatic rings. The van der Waals surface area contributed by atoms with E-state index < -0.39 is 12.1 Å².